The Morgan fingerprint density at radius 2 is 1.77 bits per heavy atom. The number of alkyl halides is 3. The third-order valence-corrected chi connectivity index (χ3v) is 5.21. The van der Waals surface area contributed by atoms with Crippen LogP contribution < -0.4 is 0 Å². The van der Waals surface area contributed by atoms with E-state index in [-0.39, 0.29) is 18.5 Å². The molecule has 2 aliphatic rings. The van der Waals surface area contributed by atoms with Gasteiger partial charge in [-0.3, -0.25) is 4.90 Å². The lowest BCUT2D eigenvalue weighted by atomic mass is 9.91. The van der Waals surface area contributed by atoms with Crippen molar-refractivity contribution < 1.29 is 22.6 Å². The highest BCUT2D eigenvalue weighted by molar-refractivity contribution is 5.85. The van der Waals surface area contributed by atoms with Gasteiger partial charge in [0.2, 0.25) is 0 Å². The van der Waals surface area contributed by atoms with Gasteiger partial charge in [-0.05, 0) is 30.9 Å². The van der Waals surface area contributed by atoms with Gasteiger partial charge in [0.05, 0.1) is 31.5 Å². The molecule has 0 bridgehead atoms. The summed E-state index contributed by atoms with van der Waals surface area (Å²) in [7, 11) is 0. The van der Waals surface area contributed by atoms with E-state index in [4.69, 9.17) is 9.47 Å². The topological polar surface area (TPSA) is 21.7 Å². The van der Waals surface area contributed by atoms with Crippen molar-refractivity contribution in [2.24, 2.45) is 0 Å². The molecular formula is C19H27ClF3NO2. The summed E-state index contributed by atoms with van der Waals surface area (Å²) in [6, 6.07) is 6.15. The van der Waals surface area contributed by atoms with Crippen LogP contribution in [0.5, 0.6) is 0 Å². The van der Waals surface area contributed by atoms with Crippen molar-refractivity contribution in [1.29, 1.82) is 0 Å². The summed E-state index contributed by atoms with van der Waals surface area (Å²) in [4.78, 5) is 2.43. The molecule has 2 atom stereocenters. The fourth-order valence-corrected chi connectivity index (χ4v) is 3.93. The van der Waals surface area contributed by atoms with Crippen molar-refractivity contribution in [3.8, 4) is 0 Å². The minimum atomic E-state index is -4.31. The molecule has 1 heterocycles. The summed E-state index contributed by atoms with van der Waals surface area (Å²) in [5, 5.41) is 0. The molecule has 1 saturated carbocycles. The van der Waals surface area contributed by atoms with Gasteiger partial charge in [-0.15, -0.1) is 12.4 Å². The molecule has 0 aromatic heterocycles. The summed E-state index contributed by atoms with van der Waals surface area (Å²) < 4.78 is 50.7. The normalized spacial score (nSPS) is 24.9. The van der Waals surface area contributed by atoms with Gasteiger partial charge in [0.1, 0.15) is 0 Å². The van der Waals surface area contributed by atoms with E-state index in [0.717, 1.165) is 51.6 Å². The minimum absolute atomic E-state index is 0. The summed E-state index contributed by atoms with van der Waals surface area (Å²) in [5.74, 6) is 0. The molecule has 148 valence electrons. The lowest BCUT2D eigenvalue weighted by molar-refractivity contribution is -0.138. The fraction of sp³-hybridized carbons (Fsp3) is 0.684. The molecule has 0 spiro atoms. The average molecular weight is 394 g/mol. The van der Waals surface area contributed by atoms with Crippen molar-refractivity contribution >= 4 is 12.4 Å². The predicted octanol–water partition coefficient (Wildman–Crippen LogP) is 4.33. The fourth-order valence-electron chi connectivity index (χ4n) is 3.93. The van der Waals surface area contributed by atoms with Crippen molar-refractivity contribution in [1.82, 2.24) is 4.90 Å². The molecule has 0 N–H and O–H groups in total. The number of nitrogens with zero attached hydrogens (tertiary/aromatic N) is 1. The van der Waals surface area contributed by atoms with Crippen molar-refractivity contribution in [2.45, 2.75) is 50.4 Å². The Bertz CT molecular complexity index is 550. The molecular weight excluding hydrogens is 367 g/mol. The highest BCUT2D eigenvalue weighted by atomic mass is 35.5. The van der Waals surface area contributed by atoms with Crippen LogP contribution in [0.3, 0.4) is 0 Å². The number of hydrogen-bond donors (Lipinski definition) is 0. The van der Waals surface area contributed by atoms with E-state index in [1.54, 1.807) is 12.1 Å². The second-order valence-electron chi connectivity index (χ2n) is 6.81. The Kier molecular flexibility index (Phi) is 8.20. The summed E-state index contributed by atoms with van der Waals surface area (Å²) >= 11 is 0. The Hall–Kier alpha value is -0.820. The van der Waals surface area contributed by atoms with Gasteiger partial charge in [-0.25, -0.2) is 0 Å². The van der Waals surface area contributed by atoms with Crippen LogP contribution in [0.15, 0.2) is 24.3 Å². The minimum Gasteiger partial charge on any atom is -0.379 e. The largest absolute Gasteiger partial charge is 0.416 e. The molecule has 1 aliphatic heterocycles. The van der Waals surface area contributed by atoms with E-state index in [0.29, 0.717) is 24.6 Å². The Morgan fingerprint density at radius 3 is 2.50 bits per heavy atom. The van der Waals surface area contributed by atoms with E-state index >= 15 is 0 Å². The van der Waals surface area contributed by atoms with Gasteiger partial charge >= 0.3 is 6.18 Å². The maximum atomic E-state index is 13.1. The maximum Gasteiger partial charge on any atom is 0.416 e. The van der Waals surface area contributed by atoms with Crippen LogP contribution >= 0.6 is 12.4 Å². The van der Waals surface area contributed by atoms with E-state index in [1.165, 1.54) is 12.5 Å². The zero-order valence-electron chi connectivity index (χ0n) is 14.8. The monoisotopic (exact) mass is 393 g/mol. The summed E-state index contributed by atoms with van der Waals surface area (Å²) in [6.07, 6.45) is 0.514. The number of ether oxygens (including phenoxy) is 2. The molecule has 26 heavy (non-hydrogen) atoms. The van der Waals surface area contributed by atoms with Gasteiger partial charge in [0.25, 0.3) is 0 Å². The third kappa shape index (κ3) is 5.59. The van der Waals surface area contributed by atoms with Gasteiger partial charge in [-0.2, -0.15) is 13.2 Å². The molecule has 0 radical (unpaired) electrons. The molecule has 1 aromatic rings. The van der Waals surface area contributed by atoms with Crippen LogP contribution in [0.1, 0.15) is 36.8 Å². The van der Waals surface area contributed by atoms with Crippen LogP contribution in [0.2, 0.25) is 0 Å². The third-order valence-electron chi connectivity index (χ3n) is 5.21. The summed E-state index contributed by atoms with van der Waals surface area (Å²) in [5.41, 5.74) is -0.235. The molecule has 1 aromatic carbocycles. The van der Waals surface area contributed by atoms with Crippen LogP contribution in [-0.2, 0) is 22.1 Å². The molecule has 1 aliphatic carbocycles. The molecule has 2 fully saturated rings. The van der Waals surface area contributed by atoms with Crippen molar-refractivity contribution in [2.75, 3.05) is 32.9 Å². The molecule has 0 amide bonds. The molecule has 3 nitrogen and oxygen atoms in total. The number of benzene rings is 1. The lowest BCUT2D eigenvalue weighted by Gasteiger charge is -2.41. The highest BCUT2D eigenvalue weighted by Gasteiger charge is 2.34. The van der Waals surface area contributed by atoms with Crippen LogP contribution in [-0.4, -0.2) is 50.0 Å². The quantitative estimate of drug-likeness (QED) is 0.743. The number of morpholine rings is 1. The Balaban J connectivity index is 0.00000243. The number of rotatable bonds is 5. The smallest absolute Gasteiger partial charge is 0.379 e. The first-order chi connectivity index (χ1) is 12.1. The average Bonchev–Trinajstić information content (AvgIpc) is 2.62. The lowest BCUT2D eigenvalue weighted by Crippen LogP contribution is -2.51. The molecule has 3 rings (SSSR count). The van der Waals surface area contributed by atoms with Gasteiger partial charge < -0.3 is 9.47 Å². The first-order valence-electron chi connectivity index (χ1n) is 9.14. The van der Waals surface area contributed by atoms with E-state index < -0.39 is 11.7 Å². The Morgan fingerprint density at radius 1 is 1.08 bits per heavy atom. The predicted molar refractivity (Wildman–Crippen MR) is 96.8 cm³/mol. The van der Waals surface area contributed by atoms with Crippen LogP contribution in [0.4, 0.5) is 13.2 Å². The number of hydrogen-bond acceptors (Lipinski definition) is 3. The van der Waals surface area contributed by atoms with Crippen molar-refractivity contribution in [3.05, 3.63) is 35.4 Å². The van der Waals surface area contributed by atoms with Gasteiger partial charge in [-0.1, -0.05) is 31.0 Å². The molecule has 0 unspecified atom stereocenters. The molecule has 1 saturated heterocycles. The molecule has 7 heteroatoms. The SMILES string of the molecule is Cl.FC(F)(F)c1ccccc1CCO[C@H]1CCCC[C@H]1N1CCOCC1. The first-order valence-corrected chi connectivity index (χ1v) is 9.14. The van der Waals surface area contributed by atoms with Crippen LogP contribution in [0.25, 0.3) is 0 Å². The second kappa shape index (κ2) is 9.93. The van der Waals surface area contributed by atoms with Gasteiger partial charge in [0, 0.05) is 19.1 Å². The Labute approximate surface area is 159 Å². The maximum absolute atomic E-state index is 13.1. The second-order valence-corrected chi connectivity index (χ2v) is 6.81. The van der Waals surface area contributed by atoms with E-state index in [1.807, 2.05) is 0 Å². The standard InChI is InChI=1S/C19H26F3NO2.ClH/c20-19(21,22)16-6-2-1-5-15(16)9-12-25-18-8-4-3-7-17(18)23-10-13-24-14-11-23;/h1-2,5-6,17-18H,3-4,7-14H2;1H/t17-,18+;/m1./s1. The van der Waals surface area contributed by atoms with E-state index in [2.05, 4.69) is 4.90 Å². The van der Waals surface area contributed by atoms with E-state index in [9.17, 15) is 13.2 Å². The number of halogens is 4. The highest BCUT2D eigenvalue weighted by Crippen LogP contribution is 2.32. The first kappa shape index (κ1) is 21.5. The zero-order chi connectivity index (χ0) is 17.7. The zero-order valence-corrected chi connectivity index (χ0v) is 15.7. The van der Waals surface area contributed by atoms with Crippen LogP contribution in [0, 0.1) is 0 Å². The summed E-state index contributed by atoms with van der Waals surface area (Å²) in [6.45, 7) is 3.67. The van der Waals surface area contributed by atoms with Gasteiger partial charge in [0.15, 0.2) is 0 Å². The van der Waals surface area contributed by atoms with Crippen molar-refractivity contribution in [3.63, 3.8) is 0 Å².